The van der Waals surface area contributed by atoms with E-state index >= 15 is 0 Å². The first kappa shape index (κ1) is 15.9. The first-order valence-corrected chi connectivity index (χ1v) is 8.63. The maximum absolute atomic E-state index is 5.81. The molecule has 23 heavy (non-hydrogen) atoms. The van der Waals surface area contributed by atoms with Crippen LogP contribution in [0.3, 0.4) is 0 Å². The Labute approximate surface area is 139 Å². The van der Waals surface area contributed by atoms with Gasteiger partial charge in [-0.1, -0.05) is 51.0 Å². The molecular weight excluding hydrogens is 284 g/mol. The van der Waals surface area contributed by atoms with Gasteiger partial charge < -0.3 is 9.47 Å². The molecule has 0 radical (unpaired) electrons. The summed E-state index contributed by atoms with van der Waals surface area (Å²) in [6.07, 6.45) is 5.31. The summed E-state index contributed by atoms with van der Waals surface area (Å²) in [5, 5.41) is 0. The fourth-order valence-corrected chi connectivity index (χ4v) is 3.93. The smallest absolute Gasteiger partial charge is 0.165 e. The third kappa shape index (κ3) is 2.50. The summed E-state index contributed by atoms with van der Waals surface area (Å²) in [4.78, 5) is 0. The average molecular weight is 310 g/mol. The van der Waals surface area contributed by atoms with Crippen molar-refractivity contribution in [2.24, 2.45) is 0 Å². The molecule has 2 aromatic rings. The van der Waals surface area contributed by atoms with Gasteiger partial charge in [0.2, 0.25) is 0 Å². The number of rotatable bonds is 6. The second-order valence-electron chi connectivity index (χ2n) is 6.21. The van der Waals surface area contributed by atoms with Crippen LogP contribution in [-0.4, -0.2) is 14.2 Å². The second-order valence-corrected chi connectivity index (χ2v) is 6.21. The highest BCUT2D eigenvalue weighted by Crippen LogP contribution is 2.50. The molecule has 2 aromatic carbocycles. The van der Waals surface area contributed by atoms with Gasteiger partial charge >= 0.3 is 0 Å². The SMILES string of the molecule is CCCc1c(CCC)c2c(c(OC)c1OC)Cc1ccccc1-2. The first-order chi connectivity index (χ1) is 11.3. The van der Waals surface area contributed by atoms with E-state index in [1.54, 1.807) is 14.2 Å². The Bertz CT molecular complexity index is 716. The molecule has 0 saturated heterocycles. The summed E-state index contributed by atoms with van der Waals surface area (Å²) in [7, 11) is 3.53. The van der Waals surface area contributed by atoms with Crippen molar-refractivity contribution in [2.45, 2.75) is 46.0 Å². The molecule has 0 spiro atoms. The van der Waals surface area contributed by atoms with E-state index in [9.17, 15) is 0 Å². The Kier molecular flexibility index (Phi) is 4.61. The highest BCUT2D eigenvalue weighted by molar-refractivity contribution is 5.85. The van der Waals surface area contributed by atoms with E-state index in [1.807, 2.05) is 0 Å². The van der Waals surface area contributed by atoms with Crippen molar-refractivity contribution in [3.05, 3.63) is 46.5 Å². The predicted octanol–water partition coefficient (Wildman–Crippen LogP) is 5.18. The highest BCUT2D eigenvalue weighted by Gasteiger charge is 2.30. The van der Waals surface area contributed by atoms with E-state index in [0.29, 0.717) is 0 Å². The lowest BCUT2D eigenvalue weighted by Crippen LogP contribution is -2.05. The Morgan fingerprint density at radius 2 is 1.52 bits per heavy atom. The number of hydrogen-bond acceptors (Lipinski definition) is 2. The van der Waals surface area contributed by atoms with Crippen molar-refractivity contribution in [2.75, 3.05) is 14.2 Å². The molecule has 0 amide bonds. The molecular formula is C21H26O2. The minimum absolute atomic E-state index is 0.932. The van der Waals surface area contributed by atoms with E-state index in [0.717, 1.165) is 43.6 Å². The van der Waals surface area contributed by atoms with Crippen molar-refractivity contribution in [1.82, 2.24) is 0 Å². The van der Waals surface area contributed by atoms with Crippen LogP contribution in [0.4, 0.5) is 0 Å². The Balaban J connectivity index is 2.35. The lowest BCUT2D eigenvalue weighted by Gasteiger charge is -2.22. The van der Waals surface area contributed by atoms with Gasteiger partial charge in [-0.3, -0.25) is 0 Å². The van der Waals surface area contributed by atoms with Crippen LogP contribution in [0.25, 0.3) is 11.1 Å². The molecule has 0 fully saturated rings. The lowest BCUT2D eigenvalue weighted by molar-refractivity contribution is 0.348. The van der Waals surface area contributed by atoms with Crippen LogP contribution >= 0.6 is 0 Å². The average Bonchev–Trinajstić information content (AvgIpc) is 2.95. The van der Waals surface area contributed by atoms with E-state index < -0.39 is 0 Å². The topological polar surface area (TPSA) is 18.5 Å². The molecule has 2 nitrogen and oxygen atoms in total. The molecule has 0 aromatic heterocycles. The predicted molar refractivity (Wildman–Crippen MR) is 95.8 cm³/mol. The van der Waals surface area contributed by atoms with Gasteiger partial charge in [0.25, 0.3) is 0 Å². The zero-order valence-corrected chi connectivity index (χ0v) is 14.7. The van der Waals surface area contributed by atoms with Crippen LogP contribution in [0.1, 0.15) is 48.9 Å². The van der Waals surface area contributed by atoms with Crippen molar-refractivity contribution < 1.29 is 9.47 Å². The van der Waals surface area contributed by atoms with Crippen molar-refractivity contribution in [3.63, 3.8) is 0 Å². The number of hydrogen-bond donors (Lipinski definition) is 0. The van der Waals surface area contributed by atoms with Crippen molar-refractivity contribution >= 4 is 0 Å². The Hall–Kier alpha value is -1.96. The molecule has 1 aliphatic rings. The largest absolute Gasteiger partial charge is 0.493 e. The lowest BCUT2D eigenvalue weighted by atomic mass is 9.88. The monoisotopic (exact) mass is 310 g/mol. The maximum Gasteiger partial charge on any atom is 0.165 e. The fraction of sp³-hybridized carbons (Fsp3) is 0.429. The Morgan fingerprint density at radius 1 is 0.870 bits per heavy atom. The van der Waals surface area contributed by atoms with E-state index in [4.69, 9.17) is 9.47 Å². The molecule has 0 bridgehead atoms. The summed E-state index contributed by atoms with van der Waals surface area (Å²) in [6, 6.07) is 8.75. The quantitative estimate of drug-likeness (QED) is 0.624. The molecule has 0 unspecified atom stereocenters. The second kappa shape index (κ2) is 6.66. The first-order valence-electron chi connectivity index (χ1n) is 8.63. The van der Waals surface area contributed by atoms with Gasteiger partial charge in [0.1, 0.15) is 0 Å². The molecule has 0 N–H and O–H groups in total. The van der Waals surface area contributed by atoms with Crippen LogP contribution in [0.15, 0.2) is 24.3 Å². The molecule has 0 saturated carbocycles. The van der Waals surface area contributed by atoms with Crippen LogP contribution in [0.2, 0.25) is 0 Å². The van der Waals surface area contributed by atoms with Crippen molar-refractivity contribution in [3.8, 4) is 22.6 Å². The summed E-state index contributed by atoms with van der Waals surface area (Å²) in [5.41, 5.74) is 8.28. The van der Waals surface area contributed by atoms with Gasteiger partial charge in [-0.25, -0.2) is 0 Å². The number of ether oxygens (including phenoxy) is 2. The molecule has 3 rings (SSSR count). The summed E-state index contributed by atoms with van der Waals surface area (Å²) in [5.74, 6) is 1.88. The molecule has 1 aliphatic carbocycles. The molecule has 122 valence electrons. The Morgan fingerprint density at radius 3 is 2.17 bits per heavy atom. The van der Waals surface area contributed by atoms with E-state index in [2.05, 4.69) is 38.1 Å². The minimum atomic E-state index is 0.932. The highest BCUT2D eigenvalue weighted by atomic mass is 16.5. The van der Waals surface area contributed by atoms with Crippen LogP contribution in [-0.2, 0) is 19.3 Å². The number of benzene rings is 2. The standard InChI is InChI=1S/C21H26O2/c1-5-9-16-17(10-6-2)20(22-3)21(23-4)18-13-14-11-7-8-12-15(14)19(16)18/h7-8,11-12H,5-6,9-10,13H2,1-4H3. The normalized spacial score (nSPS) is 12.0. The summed E-state index contributed by atoms with van der Waals surface area (Å²) < 4.78 is 11.6. The molecule has 2 heteroatoms. The molecule has 0 aliphatic heterocycles. The van der Waals surface area contributed by atoms with Crippen molar-refractivity contribution in [1.29, 1.82) is 0 Å². The van der Waals surface area contributed by atoms with Crippen LogP contribution < -0.4 is 9.47 Å². The van der Waals surface area contributed by atoms with Crippen LogP contribution in [0, 0.1) is 0 Å². The van der Waals surface area contributed by atoms with Crippen LogP contribution in [0.5, 0.6) is 11.5 Å². The summed E-state index contributed by atoms with van der Waals surface area (Å²) in [6.45, 7) is 4.47. The van der Waals surface area contributed by atoms with E-state index in [1.165, 1.54) is 33.4 Å². The van der Waals surface area contributed by atoms with Gasteiger partial charge in [-0.05, 0) is 35.1 Å². The zero-order chi connectivity index (χ0) is 16.4. The van der Waals surface area contributed by atoms with Gasteiger partial charge in [-0.15, -0.1) is 0 Å². The fourth-order valence-electron chi connectivity index (χ4n) is 3.93. The third-order valence-electron chi connectivity index (χ3n) is 4.78. The summed E-state index contributed by atoms with van der Waals surface area (Å²) >= 11 is 0. The molecule has 0 heterocycles. The van der Waals surface area contributed by atoms with Gasteiger partial charge in [0, 0.05) is 17.5 Å². The zero-order valence-electron chi connectivity index (χ0n) is 14.7. The van der Waals surface area contributed by atoms with Gasteiger partial charge in [0.05, 0.1) is 14.2 Å². The maximum atomic E-state index is 5.81. The number of methoxy groups -OCH3 is 2. The number of fused-ring (bicyclic) bond motifs is 3. The molecule has 0 atom stereocenters. The van der Waals surface area contributed by atoms with E-state index in [-0.39, 0.29) is 0 Å². The van der Waals surface area contributed by atoms with Gasteiger partial charge in [0.15, 0.2) is 11.5 Å². The minimum Gasteiger partial charge on any atom is -0.493 e. The van der Waals surface area contributed by atoms with Gasteiger partial charge in [-0.2, -0.15) is 0 Å². The third-order valence-corrected chi connectivity index (χ3v) is 4.78.